The van der Waals surface area contributed by atoms with Gasteiger partial charge in [0.2, 0.25) is 0 Å². The van der Waals surface area contributed by atoms with E-state index in [1.165, 1.54) is 5.56 Å². The quantitative estimate of drug-likeness (QED) is 0.779. The zero-order valence-corrected chi connectivity index (χ0v) is 11.7. The van der Waals surface area contributed by atoms with E-state index in [1.54, 1.807) is 6.92 Å². The summed E-state index contributed by atoms with van der Waals surface area (Å²) in [5.74, 6) is 0.957. The maximum Gasteiger partial charge on any atom is 0.161 e. The number of ether oxygens (including phenoxy) is 1. The highest BCUT2D eigenvalue weighted by atomic mass is 16.5. The largest absolute Gasteiger partial charge is 0.473 e. The number of aryl methyl sites for hydroxylation is 1. The van der Waals surface area contributed by atoms with Crippen LogP contribution in [0.1, 0.15) is 28.4 Å². The van der Waals surface area contributed by atoms with E-state index >= 15 is 0 Å². The highest BCUT2D eigenvalue weighted by molar-refractivity contribution is 5.94. The molecule has 0 unspecified atom stereocenters. The van der Waals surface area contributed by atoms with Gasteiger partial charge in [-0.25, -0.2) is 0 Å². The van der Waals surface area contributed by atoms with Crippen LogP contribution in [0.25, 0.3) is 0 Å². The van der Waals surface area contributed by atoms with Crippen molar-refractivity contribution in [3.63, 3.8) is 0 Å². The van der Waals surface area contributed by atoms with Crippen LogP contribution < -0.4 is 9.64 Å². The summed E-state index contributed by atoms with van der Waals surface area (Å²) in [6.45, 7) is 4.96. The van der Waals surface area contributed by atoms with Gasteiger partial charge in [-0.05, 0) is 44.2 Å². The lowest BCUT2D eigenvalue weighted by atomic mass is 10.1. The van der Waals surface area contributed by atoms with Crippen molar-refractivity contribution in [2.24, 2.45) is 0 Å². The number of hydrogen-bond acceptors (Lipinski definition) is 3. The minimum atomic E-state index is 0.0836. The topological polar surface area (TPSA) is 29.5 Å². The van der Waals surface area contributed by atoms with Crippen LogP contribution in [0.2, 0.25) is 0 Å². The first kappa shape index (κ1) is 12.7. The lowest BCUT2D eigenvalue weighted by molar-refractivity contribution is 0.101. The molecule has 0 N–H and O–H groups in total. The summed E-state index contributed by atoms with van der Waals surface area (Å²) in [6.07, 6.45) is 0. The Labute approximate surface area is 118 Å². The number of benzene rings is 2. The molecule has 3 rings (SSSR count). The molecule has 0 fully saturated rings. The molecule has 0 radical (unpaired) electrons. The third-order valence-corrected chi connectivity index (χ3v) is 3.60. The molecule has 3 nitrogen and oxygen atoms in total. The molecule has 102 valence electrons. The Morgan fingerprint density at radius 1 is 1.15 bits per heavy atom. The molecule has 1 aliphatic rings. The first-order valence-corrected chi connectivity index (χ1v) is 6.72. The summed E-state index contributed by atoms with van der Waals surface area (Å²) in [7, 11) is 0. The molecule has 0 spiro atoms. The van der Waals surface area contributed by atoms with Crippen molar-refractivity contribution < 1.29 is 9.53 Å². The third kappa shape index (κ3) is 2.39. The van der Waals surface area contributed by atoms with Gasteiger partial charge in [0, 0.05) is 23.4 Å². The monoisotopic (exact) mass is 267 g/mol. The van der Waals surface area contributed by atoms with E-state index in [2.05, 4.69) is 36.1 Å². The predicted molar refractivity (Wildman–Crippen MR) is 79.3 cm³/mol. The molecule has 0 aromatic heterocycles. The second-order valence-electron chi connectivity index (χ2n) is 5.19. The Hall–Kier alpha value is -2.29. The molecule has 0 amide bonds. The van der Waals surface area contributed by atoms with Crippen LogP contribution in [0.5, 0.6) is 5.75 Å². The van der Waals surface area contributed by atoms with Crippen LogP contribution in [0.4, 0.5) is 5.69 Å². The van der Waals surface area contributed by atoms with Gasteiger partial charge in [-0.3, -0.25) is 4.79 Å². The first-order chi connectivity index (χ1) is 9.63. The van der Waals surface area contributed by atoms with Gasteiger partial charge in [-0.1, -0.05) is 17.7 Å². The van der Waals surface area contributed by atoms with Gasteiger partial charge in [0.25, 0.3) is 0 Å². The van der Waals surface area contributed by atoms with Crippen molar-refractivity contribution in [3.05, 3.63) is 59.2 Å². The molecule has 20 heavy (non-hydrogen) atoms. The van der Waals surface area contributed by atoms with E-state index in [0.29, 0.717) is 6.73 Å². The van der Waals surface area contributed by atoms with E-state index in [-0.39, 0.29) is 5.78 Å². The minimum absolute atomic E-state index is 0.0836. The van der Waals surface area contributed by atoms with E-state index < -0.39 is 0 Å². The van der Waals surface area contributed by atoms with Gasteiger partial charge < -0.3 is 9.64 Å². The fourth-order valence-corrected chi connectivity index (χ4v) is 2.38. The molecule has 1 aliphatic heterocycles. The molecule has 3 heteroatoms. The summed E-state index contributed by atoms with van der Waals surface area (Å²) in [5.41, 5.74) is 4.17. The minimum Gasteiger partial charge on any atom is -0.473 e. The lowest BCUT2D eigenvalue weighted by Crippen LogP contribution is -2.31. The van der Waals surface area contributed by atoms with E-state index in [1.807, 2.05) is 18.2 Å². The summed E-state index contributed by atoms with van der Waals surface area (Å²) >= 11 is 0. The van der Waals surface area contributed by atoms with Gasteiger partial charge in [0.15, 0.2) is 12.5 Å². The standard InChI is InChI=1S/C17H17NO2/c1-12-3-6-16(7-4-12)18-10-15-9-14(13(2)19)5-8-17(15)20-11-18/h3-9H,10-11H2,1-2H3. The number of fused-ring (bicyclic) bond motifs is 1. The molecular formula is C17H17NO2. The third-order valence-electron chi connectivity index (χ3n) is 3.60. The summed E-state index contributed by atoms with van der Waals surface area (Å²) in [4.78, 5) is 13.6. The first-order valence-electron chi connectivity index (χ1n) is 6.72. The fraction of sp³-hybridized carbons (Fsp3) is 0.235. The predicted octanol–water partition coefficient (Wildman–Crippen LogP) is 3.55. The highest BCUT2D eigenvalue weighted by Crippen LogP contribution is 2.29. The van der Waals surface area contributed by atoms with Crippen LogP contribution in [0.15, 0.2) is 42.5 Å². The van der Waals surface area contributed by atoms with Crippen molar-refractivity contribution in [1.82, 2.24) is 0 Å². The van der Waals surface area contributed by atoms with Crippen molar-refractivity contribution in [3.8, 4) is 5.75 Å². The average molecular weight is 267 g/mol. The lowest BCUT2D eigenvalue weighted by Gasteiger charge is -2.31. The molecule has 1 heterocycles. The maximum atomic E-state index is 11.5. The number of Topliss-reactive ketones (excluding diaryl/α,β-unsaturated/α-hetero) is 1. The van der Waals surface area contributed by atoms with Crippen LogP contribution in [-0.2, 0) is 6.54 Å². The van der Waals surface area contributed by atoms with Gasteiger partial charge in [-0.15, -0.1) is 0 Å². The van der Waals surface area contributed by atoms with E-state index in [9.17, 15) is 4.79 Å². The fourth-order valence-electron chi connectivity index (χ4n) is 2.38. The SMILES string of the molecule is CC(=O)c1ccc2c(c1)CN(c1ccc(C)cc1)CO2. The number of carbonyl (C=O) groups is 1. The highest BCUT2D eigenvalue weighted by Gasteiger charge is 2.18. The van der Waals surface area contributed by atoms with Crippen LogP contribution >= 0.6 is 0 Å². The van der Waals surface area contributed by atoms with Crippen LogP contribution in [0.3, 0.4) is 0 Å². The number of hydrogen-bond donors (Lipinski definition) is 0. The number of nitrogens with zero attached hydrogens (tertiary/aromatic N) is 1. The molecule has 0 bridgehead atoms. The molecular weight excluding hydrogens is 250 g/mol. The Morgan fingerprint density at radius 2 is 1.90 bits per heavy atom. The molecule has 0 aliphatic carbocycles. The van der Waals surface area contributed by atoms with Crippen molar-refractivity contribution in [2.75, 3.05) is 11.6 Å². The zero-order valence-electron chi connectivity index (χ0n) is 11.7. The van der Waals surface area contributed by atoms with Crippen molar-refractivity contribution >= 4 is 11.5 Å². The van der Waals surface area contributed by atoms with Crippen LogP contribution in [-0.4, -0.2) is 12.5 Å². The second kappa shape index (κ2) is 5.00. The maximum absolute atomic E-state index is 11.5. The Balaban J connectivity index is 1.88. The smallest absolute Gasteiger partial charge is 0.161 e. The van der Waals surface area contributed by atoms with Gasteiger partial charge in [0.05, 0.1) is 0 Å². The summed E-state index contributed by atoms with van der Waals surface area (Å²) in [5, 5.41) is 0. The molecule has 2 aromatic rings. The van der Waals surface area contributed by atoms with Crippen molar-refractivity contribution in [1.29, 1.82) is 0 Å². The van der Waals surface area contributed by atoms with E-state index in [0.717, 1.165) is 29.1 Å². The normalized spacial score (nSPS) is 13.6. The Bertz CT molecular complexity index is 647. The van der Waals surface area contributed by atoms with E-state index in [4.69, 9.17) is 4.74 Å². The van der Waals surface area contributed by atoms with Gasteiger partial charge >= 0.3 is 0 Å². The van der Waals surface area contributed by atoms with Gasteiger partial charge in [-0.2, -0.15) is 0 Å². The number of ketones is 1. The molecule has 0 atom stereocenters. The van der Waals surface area contributed by atoms with Crippen LogP contribution in [0, 0.1) is 6.92 Å². The summed E-state index contributed by atoms with van der Waals surface area (Å²) in [6, 6.07) is 14.0. The average Bonchev–Trinajstić information content (AvgIpc) is 2.47. The number of rotatable bonds is 2. The molecule has 0 saturated heterocycles. The van der Waals surface area contributed by atoms with Gasteiger partial charge in [0.1, 0.15) is 5.75 Å². The summed E-state index contributed by atoms with van der Waals surface area (Å²) < 4.78 is 5.77. The van der Waals surface area contributed by atoms with Crippen molar-refractivity contribution in [2.45, 2.75) is 20.4 Å². The Morgan fingerprint density at radius 3 is 2.60 bits per heavy atom. The molecule has 2 aromatic carbocycles. The zero-order chi connectivity index (χ0) is 14.1. The Kier molecular flexibility index (Phi) is 3.18. The second-order valence-corrected chi connectivity index (χ2v) is 5.19. The molecule has 0 saturated carbocycles. The number of carbonyl (C=O) groups excluding carboxylic acids is 1. The number of anilines is 1.